The Hall–Kier alpha value is -2.39. The third-order valence-corrected chi connectivity index (χ3v) is 4.65. The second kappa shape index (κ2) is 11.5. The number of nitrogens with one attached hydrogen (secondary N) is 1. The fraction of sp³-hybridized carbons (Fsp3) is 0.273. The summed E-state index contributed by atoms with van der Waals surface area (Å²) in [6.45, 7) is 4.99. The molecule has 0 saturated heterocycles. The molecular weight excluding hydrogens is 395 g/mol. The van der Waals surface area contributed by atoms with Crippen LogP contribution in [0.4, 0.5) is 0 Å². The van der Waals surface area contributed by atoms with E-state index in [4.69, 9.17) is 23.2 Å². The standard InChI is InChI=1S/C22H22Cl2N2O2/c1-2-21(27)25-11-5-3-4-6-12-26-13-9-17(10-14-26)7-8-18-15-19(23)16-20(24)22(18)28/h2,7-10,13,15-16H,1,3-6,11-12H2/p+1/b17-7+,18-8-. The van der Waals surface area contributed by atoms with Crippen molar-refractivity contribution in [3.8, 4) is 0 Å². The van der Waals surface area contributed by atoms with Crippen LogP contribution in [0.1, 0.15) is 25.7 Å². The van der Waals surface area contributed by atoms with Crippen LogP contribution in [-0.2, 0) is 9.59 Å². The SMILES string of the molecule is C=CC(=O)NCCCCCCN1[C+]=C/C(=C/C=C2/C=C(Cl)C=C(Cl)C2=O)C=C1. The third kappa shape index (κ3) is 7.32. The molecule has 28 heavy (non-hydrogen) atoms. The van der Waals surface area contributed by atoms with Gasteiger partial charge in [0, 0.05) is 23.2 Å². The molecule has 6 heteroatoms. The van der Waals surface area contributed by atoms with Crippen LogP contribution in [0, 0.1) is 6.20 Å². The summed E-state index contributed by atoms with van der Waals surface area (Å²) in [5.74, 6) is -0.356. The first-order valence-corrected chi connectivity index (χ1v) is 9.91. The van der Waals surface area contributed by atoms with Crippen LogP contribution in [0.25, 0.3) is 0 Å². The highest BCUT2D eigenvalue weighted by molar-refractivity contribution is 6.48. The van der Waals surface area contributed by atoms with E-state index in [0.717, 1.165) is 37.8 Å². The molecule has 4 nitrogen and oxygen atoms in total. The van der Waals surface area contributed by atoms with E-state index >= 15 is 0 Å². The first-order valence-electron chi connectivity index (χ1n) is 9.15. The van der Waals surface area contributed by atoms with Gasteiger partial charge in [-0.25, -0.2) is 4.90 Å². The van der Waals surface area contributed by atoms with E-state index in [-0.39, 0.29) is 16.7 Å². The molecule has 0 aromatic heterocycles. The van der Waals surface area contributed by atoms with E-state index in [9.17, 15) is 9.59 Å². The third-order valence-electron chi connectivity index (χ3n) is 4.15. The molecule has 0 radical (unpaired) electrons. The minimum Gasteiger partial charge on any atom is -0.353 e. The van der Waals surface area contributed by atoms with Crippen molar-refractivity contribution in [1.82, 2.24) is 10.2 Å². The van der Waals surface area contributed by atoms with Gasteiger partial charge in [-0.3, -0.25) is 9.59 Å². The van der Waals surface area contributed by atoms with Crippen molar-refractivity contribution in [3.63, 3.8) is 0 Å². The first-order chi connectivity index (χ1) is 13.5. The van der Waals surface area contributed by atoms with E-state index in [1.807, 2.05) is 29.3 Å². The van der Waals surface area contributed by atoms with E-state index in [0.29, 0.717) is 17.2 Å². The molecule has 0 bridgehead atoms. The number of halogens is 2. The topological polar surface area (TPSA) is 49.4 Å². The number of Topliss-reactive ketones (excluding diaryl/α,β-unsaturated/α-hetero) is 1. The molecule has 2 aliphatic rings. The molecule has 0 saturated carbocycles. The van der Waals surface area contributed by atoms with Crippen LogP contribution >= 0.6 is 23.2 Å². The zero-order chi connectivity index (χ0) is 20.4. The summed E-state index contributed by atoms with van der Waals surface area (Å²) in [5.41, 5.74) is 1.39. The molecule has 146 valence electrons. The maximum atomic E-state index is 12.0. The number of nitrogens with zero attached hydrogens (tertiary/aromatic N) is 1. The molecule has 1 aliphatic carbocycles. The van der Waals surface area contributed by atoms with Crippen molar-refractivity contribution in [3.05, 3.63) is 82.7 Å². The lowest BCUT2D eigenvalue weighted by Crippen LogP contribution is -2.21. The van der Waals surface area contributed by atoms with Gasteiger partial charge in [-0.15, -0.1) is 0 Å². The summed E-state index contributed by atoms with van der Waals surface area (Å²) in [6, 6.07) is 0. The minimum absolute atomic E-state index is 0.118. The zero-order valence-electron chi connectivity index (χ0n) is 15.6. The smallest absolute Gasteiger partial charge is 0.243 e. The van der Waals surface area contributed by atoms with Crippen molar-refractivity contribution < 1.29 is 9.59 Å². The highest BCUT2D eigenvalue weighted by atomic mass is 35.5. The number of amides is 1. The summed E-state index contributed by atoms with van der Waals surface area (Å²) in [4.78, 5) is 25.0. The fourth-order valence-corrected chi connectivity index (χ4v) is 3.11. The molecule has 1 amide bonds. The second-order valence-electron chi connectivity index (χ2n) is 6.33. The van der Waals surface area contributed by atoms with Crippen molar-refractivity contribution in [2.75, 3.05) is 13.1 Å². The largest absolute Gasteiger partial charge is 0.353 e. The van der Waals surface area contributed by atoms with Crippen LogP contribution in [0.15, 0.2) is 76.5 Å². The number of hydrogen-bond donors (Lipinski definition) is 1. The summed E-state index contributed by atoms with van der Waals surface area (Å²) in [5, 5.41) is 3.32. The van der Waals surface area contributed by atoms with Crippen molar-refractivity contribution in [2.24, 2.45) is 0 Å². The first kappa shape index (κ1) is 21.9. The van der Waals surface area contributed by atoms with Crippen LogP contribution < -0.4 is 5.32 Å². The van der Waals surface area contributed by atoms with Gasteiger partial charge in [0.25, 0.3) is 0 Å². The number of ketones is 1. The zero-order valence-corrected chi connectivity index (χ0v) is 17.1. The Bertz CT molecular complexity index is 785. The number of unbranched alkanes of at least 4 members (excludes halogenated alkanes) is 3. The number of carbonyl (C=O) groups excluding carboxylic acids is 2. The Balaban J connectivity index is 1.71. The lowest BCUT2D eigenvalue weighted by atomic mass is 10.0. The van der Waals surface area contributed by atoms with E-state index in [1.165, 1.54) is 12.2 Å². The summed E-state index contributed by atoms with van der Waals surface area (Å²) in [7, 11) is 0. The average molecular weight is 418 g/mol. The van der Waals surface area contributed by atoms with Crippen LogP contribution in [0.5, 0.6) is 0 Å². The van der Waals surface area contributed by atoms with E-state index < -0.39 is 0 Å². The van der Waals surface area contributed by atoms with Gasteiger partial charge >= 0.3 is 0 Å². The average Bonchev–Trinajstić information content (AvgIpc) is 2.69. The second-order valence-corrected chi connectivity index (χ2v) is 7.17. The van der Waals surface area contributed by atoms with Crippen LogP contribution in [-0.4, -0.2) is 29.7 Å². The van der Waals surface area contributed by atoms with Gasteiger partial charge in [0.15, 0.2) is 0 Å². The predicted octanol–water partition coefficient (Wildman–Crippen LogP) is 4.68. The summed E-state index contributed by atoms with van der Waals surface area (Å²) >= 11 is 11.8. The van der Waals surface area contributed by atoms with Crippen LogP contribution in [0.3, 0.4) is 0 Å². The van der Waals surface area contributed by atoms with Gasteiger partial charge in [0.1, 0.15) is 18.5 Å². The molecule has 0 unspecified atom stereocenters. The number of allylic oxidation sites excluding steroid dienone is 10. The Morgan fingerprint density at radius 3 is 2.68 bits per heavy atom. The maximum absolute atomic E-state index is 12.0. The minimum atomic E-state index is -0.235. The molecule has 0 aromatic carbocycles. The maximum Gasteiger partial charge on any atom is 0.243 e. The lowest BCUT2D eigenvalue weighted by Gasteiger charge is -2.09. The molecule has 1 aliphatic heterocycles. The van der Waals surface area contributed by atoms with Gasteiger partial charge in [-0.1, -0.05) is 42.6 Å². The molecular formula is C22H23Cl2N2O2+. The number of carbonyl (C=O) groups is 2. The van der Waals surface area contributed by atoms with Gasteiger partial charge < -0.3 is 5.32 Å². The van der Waals surface area contributed by atoms with Gasteiger partial charge in [-0.2, -0.15) is 0 Å². The fourth-order valence-electron chi connectivity index (χ4n) is 2.60. The van der Waals surface area contributed by atoms with Crippen LogP contribution in [0.2, 0.25) is 0 Å². The van der Waals surface area contributed by atoms with Gasteiger partial charge in [-0.05, 0) is 37.1 Å². The quantitative estimate of drug-likeness (QED) is 0.336. The monoisotopic (exact) mass is 417 g/mol. The molecule has 0 aromatic rings. The Morgan fingerprint density at radius 2 is 1.96 bits per heavy atom. The highest BCUT2D eigenvalue weighted by Gasteiger charge is 2.17. The summed E-state index contributed by atoms with van der Waals surface area (Å²) in [6.07, 6.45) is 21.1. The van der Waals surface area contributed by atoms with Crippen molar-refractivity contribution in [2.45, 2.75) is 25.7 Å². The Labute approximate surface area is 176 Å². The molecule has 1 N–H and O–H groups in total. The number of rotatable bonds is 9. The molecule has 0 spiro atoms. The molecule has 0 atom stereocenters. The van der Waals surface area contributed by atoms with Gasteiger partial charge in [0.05, 0.1) is 23.2 Å². The lowest BCUT2D eigenvalue weighted by molar-refractivity contribution is -0.116. The molecule has 2 rings (SSSR count). The molecule has 1 heterocycles. The predicted molar refractivity (Wildman–Crippen MR) is 114 cm³/mol. The van der Waals surface area contributed by atoms with Crippen molar-refractivity contribution in [1.29, 1.82) is 0 Å². The van der Waals surface area contributed by atoms with Crippen molar-refractivity contribution >= 4 is 34.9 Å². The summed E-state index contributed by atoms with van der Waals surface area (Å²) < 4.78 is 0. The Kier molecular flexibility index (Phi) is 8.96. The number of hydrogen-bond acceptors (Lipinski definition) is 3. The Morgan fingerprint density at radius 1 is 1.18 bits per heavy atom. The molecule has 0 fully saturated rings. The van der Waals surface area contributed by atoms with E-state index in [2.05, 4.69) is 18.1 Å². The normalized spacial score (nSPS) is 18.8. The highest BCUT2D eigenvalue weighted by Crippen LogP contribution is 2.24. The van der Waals surface area contributed by atoms with Gasteiger partial charge in [0.2, 0.25) is 11.7 Å². The van der Waals surface area contributed by atoms with E-state index in [1.54, 1.807) is 12.2 Å².